The summed E-state index contributed by atoms with van der Waals surface area (Å²) in [7, 11) is 0. The van der Waals surface area contributed by atoms with E-state index in [1.165, 1.54) is 12.4 Å². The second-order valence-corrected chi connectivity index (χ2v) is 5.23. The van der Waals surface area contributed by atoms with Gasteiger partial charge in [-0.05, 0) is 32.5 Å². The lowest BCUT2D eigenvalue weighted by atomic mass is 9.94. The standard InChI is InChI=1S/C14H18N4O2/c1-2-17-5-3-10(4-6-17)12-7-13-15-8-11(14(19)20)9-18(13)16-12/h7-10H,2-6H2,1H3,(H,19,20). The summed E-state index contributed by atoms with van der Waals surface area (Å²) in [5.41, 5.74) is 1.90. The van der Waals surface area contributed by atoms with E-state index in [1.807, 2.05) is 6.07 Å². The van der Waals surface area contributed by atoms with Crippen LogP contribution in [0, 0.1) is 0 Å². The molecule has 2 aromatic rings. The van der Waals surface area contributed by atoms with Gasteiger partial charge < -0.3 is 10.0 Å². The molecule has 0 radical (unpaired) electrons. The monoisotopic (exact) mass is 274 g/mol. The van der Waals surface area contributed by atoms with Gasteiger partial charge in [0.1, 0.15) is 0 Å². The first kappa shape index (κ1) is 13.1. The van der Waals surface area contributed by atoms with E-state index in [0.29, 0.717) is 11.6 Å². The zero-order valence-electron chi connectivity index (χ0n) is 11.5. The molecule has 0 aliphatic carbocycles. The van der Waals surface area contributed by atoms with Crippen LogP contribution in [-0.4, -0.2) is 50.2 Å². The summed E-state index contributed by atoms with van der Waals surface area (Å²) in [6.07, 6.45) is 5.10. The third-order valence-corrected chi connectivity index (χ3v) is 4.03. The van der Waals surface area contributed by atoms with Crippen LogP contribution in [0.15, 0.2) is 18.5 Å². The molecule has 0 atom stereocenters. The van der Waals surface area contributed by atoms with E-state index >= 15 is 0 Å². The molecule has 0 saturated carbocycles. The van der Waals surface area contributed by atoms with Crippen LogP contribution in [0.5, 0.6) is 0 Å². The van der Waals surface area contributed by atoms with Gasteiger partial charge in [-0.3, -0.25) is 0 Å². The van der Waals surface area contributed by atoms with Crippen molar-refractivity contribution in [1.82, 2.24) is 19.5 Å². The molecule has 6 heteroatoms. The predicted octanol–water partition coefficient (Wildman–Crippen LogP) is 1.63. The van der Waals surface area contributed by atoms with Gasteiger partial charge in [0.2, 0.25) is 0 Å². The number of likely N-dealkylation sites (tertiary alicyclic amines) is 1. The van der Waals surface area contributed by atoms with Crippen molar-refractivity contribution in [1.29, 1.82) is 0 Å². The quantitative estimate of drug-likeness (QED) is 0.921. The van der Waals surface area contributed by atoms with Gasteiger partial charge in [-0.25, -0.2) is 14.3 Å². The summed E-state index contributed by atoms with van der Waals surface area (Å²) in [6, 6.07) is 1.97. The van der Waals surface area contributed by atoms with Crippen LogP contribution in [0.3, 0.4) is 0 Å². The summed E-state index contributed by atoms with van der Waals surface area (Å²) in [4.78, 5) is 17.5. The highest BCUT2D eigenvalue weighted by Crippen LogP contribution is 2.27. The summed E-state index contributed by atoms with van der Waals surface area (Å²) in [6.45, 7) is 5.48. The maximum atomic E-state index is 10.9. The number of fused-ring (bicyclic) bond motifs is 1. The average Bonchev–Trinajstić information content (AvgIpc) is 2.90. The van der Waals surface area contributed by atoms with E-state index in [1.54, 1.807) is 4.52 Å². The van der Waals surface area contributed by atoms with Crippen LogP contribution < -0.4 is 0 Å². The first-order valence-corrected chi connectivity index (χ1v) is 6.98. The molecule has 0 unspecified atom stereocenters. The lowest BCUT2D eigenvalue weighted by Crippen LogP contribution is -2.32. The molecule has 2 aromatic heterocycles. The van der Waals surface area contributed by atoms with E-state index < -0.39 is 5.97 Å². The van der Waals surface area contributed by atoms with Gasteiger partial charge >= 0.3 is 5.97 Å². The van der Waals surface area contributed by atoms with Crippen LogP contribution in [-0.2, 0) is 0 Å². The lowest BCUT2D eigenvalue weighted by molar-refractivity contribution is 0.0695. The Kier molecular flexibility index (Phi) is 3.40. The van der Waals surface area contributed by atoms with E-state index in [-0.39, 0.29) is 5.56 Å². The second-order valence-electron chi connectivity index (χ2n) is 5.23. The highest BCUT2D eigenvalue weighted by atomic mass is 16.4. The molecule has 0 spiro atoms. The minimum atomic E-state index is -0.979. The van der Waals surface area contributed by atoms with E-state index in [9.17, 15) is 4.79 Å². The molecule has 0 aromatic carbocycles. The van der Waals surface area contributed by atoms with Gasteiger partial charge in [0, 0.05) is 24.4 Å². The van der Waals surface area contributed by atoms with Crippen molar-refractivity contribution in [3.05, 3.63) is 29.7 Å². The maximum absolute atomic E-state index is 10.9. The van der Waals surface area contributed by atoms with Crippen molar-refractivity contribution in [3.8, 4) is 0 Å². The number of piperidine rings is 1. The third kappa shape index (κ3) is 2.38. The summed E-state index contributed by atoms with van der Waals surface area (Å²) >= 11 is 0. The number of carboxylic acid groups (broad SMARTS) is 1. The second kappa shape index (κ2) is 5.20. The van der Waals surface area contributed by atoms with Crippen LogP contribution in [0.25, 0.3) is 5.65 Å². The number of rotatable bonds is 3. The minimum Gasteiger partial charge on any atom is -0.478 e. The molecule has 20 heavy (non-hydrogen) atoms. The first-order chi connectivity index (χ1) is 9.67. The largest absolute Gasteiger partial charge is 0.478 e. The van der Waals surface area contributed by atoms with E-state index in [0.717, 1.165) is 38.2 Å². The van der Waals surface area contributed by atoms with Gasteiger partial charge in [-0.15, -0.1) is 0 Å². The number of hydrogen-bond acceptors (Lipinski definition) is 4. The van der Waals surface area contributed by atoms with E-state index in [2.05, 4.69) is 21.9 Å². The molecule has 106 valence electrons. The highest BCUT2D eigenvalue weighted by molar-refractivity contribution is 5.87. The zero-order chi connectivity index (χ0) is 14.1. The van der Waals surface area contributed by atoms with Crippen LogP contribution in [0.1, 0.15) is 41.7 Å². The Labute approximate surface area is 117 Å². The Morgan fingerprint density at radius 1 is 1.45 bits per heavy atom. The maximum Gasteiger partial charge on any atom is 0.338 e. The highest BCUT2D eigenvalue weighted by Gasteiger charge is 2.22. The van der Waals surface area contributed by atoms with Crippen LogP contribution in [0.4, 0.5) is 0 Å². The Morgan fingerprint density at radius 2 is 2.20 bits per heavy atom. The average molecular weight is 274 g/mol. The number of aromatic nitrogens is 3. The molecule has 0 amide bonds. The van der Waals surface area contributed by atoms with Gasteiger partial charge in [0.05, 0.1) is 11.3 Å². The fourth-order valence-electron chi connectivity index (χ4n) is 2.75. The smallest absolute Gasteiger partial charge is 0.338 e. The van der Waals surface area contributed by atoms with Crippen molar-refractivity contribution >= 4 is 11.6 Å². The van der Waals surface area contributed by atoms with Gasteiger partial charge in [0.15, 0.2) is 5.65 Å². The zero-order valence-corrected chi connectivity index (χ0v) is 11.5. The van der Waals surface area contributed by atoms with Crippen molar-refractivity contribution in [2.24, 2.45) is 0 Å². The summed E-state index contributed by atoms with van der Waals surface area (Å²) < 4.78 is 1.57. The van der Waals surface area contributed by atoms with Gasteiger partial charge in [-0.2, -0.15) is 5.10 Å². The molecule has 3 heterocycles. The van der Waals surface area contributed by atoms with E-state index in [4.69, 9.17) is 5.11 Å². The molecular formula is C14H18N4O2. The molecule has 1 aliphatic heterocycles. The number of carbonyl (C=O) groups is 1. The van der Waals surface area contributed by atoms with Gasteiger partial charge in [0.25, 0.3) is 0 Å². The van der Waals surface area contributed by atoms with Crippen molar-refractivity contribution < 1.29 is 9.90 Å². The normalized spacial score (nSPS) is 17.6. The number of hydrogen-bond donors (Lipinski definition) is 1. The Balaban J connectivity index is 1.84. The van der Waals surface area contributed by atoms with Crippen molar-refractivity contribution in [2.75, 3.05) is 19.6 Å². The topological polar surface area (TPSA) is 70.7 Å². The summed E-state index contributed by atoms with van der Waals surface area (Å²) in [5, 5.41) is 13.5. The Hall–Kier alpha value is -1.95. The molecular weight excluding hydrogens is 256 g/mol. The number of nitrogens with zero attached hydrogens (tertiary/aromatic N) is 4. The van der Waals surface area contributed by atoms with Crippen molar-refractivity contribution in [2.45, 2.75) is 25.7 Å². The van der Waals surface area contributed by atoms with Crippen LogP contribution in [0.2, 0.25) is 0 Å². The third-order valence-electron chi connectivity index (χ3n) is 4.03. The molecule has 0 bridgehead atoms. The minimum absolute atomic E-state index is 0.160. The van der Waals surface area contributed by atoms with Crippen LogP contribution >= 0.6 is 0 Å². The SMILES string of the molecule is CCN1CCC(c2cc3ncc(C(=O)O)cn3n2)CC1. The molecule has 1 N–H and O–H groups in total. The summed E-state index contributed by atoms with van der Waals surface area (Å²) in [5.74, 6) is -0.527. The predicted molar refractivity (Wildman–Crippen MR) is 74.0 cm³/mol. The Morgan fingerprint density at radius 3 is 2.85 bits per heavy atom. The molecule has 1 aliphatic rings. The number of carboxylic acids is 1. The first-order valence-electron chi connectivity index (χ1n) is 6.98. The number of aromatic carboxylic acids is 1. The molecule has 1 saturated heterocycles. The molecule has 6 nitrogen and oxygen atoms in total. The van der Waals surface area contributed by atoms with Crippen molar-refractivity contribution in [3.63, 3.8) is 0 Å². The fourth-order valence-corrected chi connectivity index (χ4v) is 2.75. The molecule has 3 rings (SSSR count). The fraction of sp³-hybridized carbons (Fsp3) is 0.500. The Bertz CT molecular complexity index is 629. The molecule has 1 fully saturated rings. The van der Waals surface area contributed by atoms with Gasteiger partial charge in [-0.1, -0.05) is 6.92 Å². The lowest BCUT2D eigenvalue weighted by Gasteiger charge is -2.29.